The highest BCUT2D eigenvalue weighted by atomic mass is 32.2. The van der Waals surface area contributed by atoms with Gasteiger partial charge in [0.2, 0.25) is 10.0 Å². The monoisotopic (exact) mass is 348 g/mol. The van der Waals surface area contributed by atoms with Crippen LogP contribution < -0.4 is 0 Å². The van der Waals surface area contributed by atoms with Gasteiger partial charge in [-0.05, 0) is 19.2 Å². The summed E-state index contributed by atoms with van der Waals surface area (Å²) >= 11 is 0. The van der Waals surface area contributed by atoms with Gasteiger partial charge in [0.05, 0.1) is 22.7 Å². The van der Waals surface area contributed by atoms with E-state index >= 15 is 0 Å². The molecule has 1 aliphatic heterocycles. The molecule has 1 aromatic carbocycles. The number of aromatic nitrogens is 2. The van der Waals surface area contributed by atoms with Gasteiger partial charge in [-0.15, -0.1) is 0 Å². The number of hydrogen-bond acceptors (Lipinski definition) is 6. The largest absolute Gasteiger partial charge is 0.390 e. The minimum atomic E-state index is -3.59. The molecule has 128 valence electrons. The zero-order chi connectivity index (χ0) is 17.2. The van der Waals surface area contributed by atoms with Crippen LogP contribution in [-0.4, -0.2) is 65.0 Å². The summed E-state index contributed by atoms with van der Waals surface area (Å²) in [5, 5.41) is 10.3. The molecular weight excluding hydrogens is 328 g/mol. The Morgan fingerprint density at radius 3 is 2.67 bits per heavy atom. The Balaban J connectivity index is 1.72. The van der Waals surface area contributed by atoms with Crippen LogP contribution >= 0.6 is 0 Å². The van der Waals surface area contributed by atoms with Crippen LogP contribution in [0.15, 0.2) is 53.8 Å². The minimum absolute atomic E-state index is 0.0900. The van der Waals surface area contributed by atoms with E-state index in [4.69, 9.17) is 0 Å². The summed E-state index contributed by atoms with van der Waals surface area (Å²) in [6.45, 7) is 0.830. The normalized spacial score (nSPS) is 22.1. The zero-order valence-corrected chi connectivity index (χ0v) is 14.2. The van der Waals surface area contributed by atoms with Gasteiger partial charge in [-0.25, -0.2) is 8.42 Å². The van der Waals surface area contributed by atoms with E-state index in [1.54, 1.807) is 48.9 Å². The Kier molecular flexibility index (Phi) is 4.91. The quantitative estimate of drug-likeness (QED) is 0.839. The van der Waals surface area contributed by atoms with E-state index in [1.165, 1.54) is 4.31 Å². The molecule has 0 unspecified atom stereocenters. The van der Waals surface area contributed by atoms with Gasteiger partial charge in [-0.2, -0.15) is 4.31 Å². The molecule has 0 bridgehead atoms. The van der Waals surface area contributed by atoms with E-state index in [-0.39, 0.29) is 24.0 Å². The second kappa shape index (κ2) is 6.94. The molecule has 0 radical (unpaired) electrons. The first-order valence-electron chi connectivity index (χ1n) is 7.67. The lowest BCUT2D eigenvalue weighted by Crippen LogP contribution is -2.40. The van der Waals surface area contributed by atoms with E-state index in [1.807, 2.05) is 11.9 Å². The maximum atomic E-state index is 12.7. The van der Waals surface area contributed by atoms with Crippen LogP contribution in [0.1, 0.15) is 5.69 Å². The number of aliphatic hydroxyl groups is 1. The second-order valence-corrected chi connectivity index (χ2v) is 7.82. The van der Waals surface area contributed by atoms with Crippen LogP contribution in [-0.2, 0) is 16.6 Å². The van der Waals surface area contributed by atoms with Crippen molar-refractivity contribution in [2.45, 2.75) is 23.6 Å². The molecular formula is C16H20N4O3S. The molecule has 2 aromatic rings. The molecule has 2 atom stereocenters. The molecule has 0 amide bonds. The lowest BCUT2D eigenvalue weighted by Gasteiger charge is -2.25. The minimum Gasteiger partial charge on any atom is -0.390 e. The van der Waals surface area contributed by atoms with E-state index < -0.39 is 16.1 Å². The summed E-state index contributed by atoms with van der Waals surface area (Å²) in [5.74, 6) is 0. The predicted octanol–water partition coefficient (Wildman–Crippen LogP) is 0.342. The van der Waals surface area contributed by atoms with Crippen molar-refractivity contribution >= 4 is 10.0 Å². The molecule has 2 heterocycles. The number of rotatable bonds is 5. The molecule has 1 fully saturated rings. The van der Waals surface area contributed by atoms with E-state index in [2.05, 4.69) is 9.97 Å². The first-order valence-corrected chi connectivity index (χ1v) is 9.11. The Morgan fingerprint density at radius 2 is 2.00 bits per heavy atom. The second-order valence-electron chi connectivity index (χ2n) is 5.88. The van der Waals surface area contributed by atoms with Crippen molar-refractivity contribution in [3.63, 3.8) is 0 Å². The summed E-state index contributed by atoms with van der Waals surface area (Å²) in [7, 11) is -1.74. The van der Waals surface area contributed by atoms with E-state index in [0.29, 0.717) is 6.54 Å². The predicted molar refractivity (Wildman–Crippen MR) is 88.5 cm³/mol. The average molecular weight is 348 g/mol. The van der Waals surface area contributed by atoms with Gasteiger partial charge in [0.15, 0.2) is 0 Å². The Morgan fingerprint density at radius 1 is 1.25 bits per heavy atom. The summed E-state index contributed by atoms with van der Waals surface area (Å²) in [6.07, 6.45) is 4.13. The van der Waals surface area contributed by atoms with Gasteiger partial charge in [0.1, 0.15) is 0 Å². The van der Waals surface area contributed by atoms with Crippen molar-refractivity contribution in [3.8, 4) is 0 Å². The number of benzene rings is 1. The van der Waals surface area contributed by atoms with Gasteiger partial charge >= 0.3 is 0 Å². The van der Waals surface area contributed by atoms with Gasteiger partial charge in [-0.1, -0.05) is 18.2 Å². The Labute approximate surface area is 141 Å². The molecule has 7 nitrogen and oxygen atoms in total. The third kappa shape index (κ3) is 3.46. The summed E-state index contributed by atoms with van der Waals surface area (Å²) in [4.78, 5) is 10.4. The van der Waals surface area contributed by atoms with Crippen molar-refractivity contribution in [2.75, 3.05) is 20.1 Å². The highest BCUT2D eigenvalue weighted by molar-refractivity contribution is 7.89. The van der Waals surface area contributed by atoms with Crippen LogP contribution in [0.4, 0.5) is 0 Å². The topological polar surface area (TPSA) is 86.6 Å². The van der Waals surface area contributed by atoms with Crippen molar-refractivity contribution in [1.29, 1.82) is 0 Å². The number of β-amino-alcohol motifs (C(OH)–C–C–N with tert-alkyl or cyclic N) is 1. The fraction of sp³-hybridized carbons (Fsp3) is 0.375. The molecule has 1 aliphatic rings. The Hall–Kier alpha value is -1.87. The maximum absolute atomic E-state index is 12.7. The van der Waals surface area contributed by atoms with Gasteiger partial charge < -0.3 is 5.11 Å². The number of likely N-dealkylation sites (N-methyl/N-ethyl adjacent to an activating group) is 1. The first-order chi connectivity index (χ1) is 11.5. The molecule has 24 heavy (non-hydrogen) atoms. The third-order valence-corrected chi connectivity index (χ3v) is 6.05. The smallest absolute Gasteiger partial charge is 0.243 e. The van der Waals surface area contributed by atoms with Crippen LogP contribution in [0, 0.1) is 0 Å². The summed E-state index contributed by atoms with van der Waals surface area (Å²) in [6, 6.07) is 8.01. The molecule has 0 spiro atoms. The van der Waals surface area contributed by atoms with Crippen LogP contribution in [0.3, 0.4) is 0 Å². The number of hydrogen-bond donors (Lipinski definition) is 1. The molecule has 1 saturated heterocycles. The van der Waals surface area contributed by atoms with Gasteiger partial charge in [0.25, 0.3) is 0 Å². The van der Waals surface area contributed by atoms with Crippen LogP contribution in [0.2, 0.25) is 0 Å². The molecule has 8 heteroatoms. The first kappa shape index (κ1) is 17.0. The van der Waals surface area contributed by atoms with Crippen LogP contribution in [0.25, 0.3) is 0 Å². The molecule has 0 aliphatic carbocycles. The fourth-order valence-electron chi connectivity index (χ4n) is 2.89. The van der Waals surface area contributed by atoms with Crippen molar-refractivity contribution in [2.24, 2.45) is 0 Å². The highest BCUT2D eigenvalue weighted by Gasteiger charge is 2.40. The molecule has 3 rings (SSSR count). The lowest BCUT2D eigenvalue weighted by molar-refractivity contribution is 0.0946. The highest BCUT2D eigenvalue weighted by Crippen LogP contribution is 2.24. The number of aliphatic hydroxyl groups excluding tert-OH is 1. The summed E-state index contributed by atoms with van der Waals surface area (Å²) in [5.41, 5.74) is 0.775. The molecule has 1 aromatic heterocycles. The standard InChI is InChI=1S/C16H20N4O3S/c1-19(10-13-9-17-7-8-18-13)15-11-20(12-16(15)21)24(22,23)14-5-3-2-4-6-14/h2-9,15-16,21H,10-12H2,1H3/t15-,16-/m0/s1. The maximum Gasteiger partial charge on any atom is 0.243 e. The summed E-state index contributed by atoms with van der Waals surface area (Å²) < 4.78 is 26.7. The van der Waals surface area contributed by atoms with E-state index in [0.717, 1.165) is 5.69 Å². The van der Waals surface area contributed by atoms with Crippen LogP contribution in [0.5, 0.6) is 0 Å². The van der Waals surface area contributed by atoms with E-state index in [9.17, 15) is 13.5 Å². The Bertz CT molecular complexity index is 770. The van der Waals surface area contributed by atoms with Gasteiger partial charge in [0, 0.05) is 38.2 Å². The van der Waals surface area contributed by atoms with Crippen molar-refractivity contribution in [1.82, 2.24) is 19.2 Å². The third-order valence-electron chi connectivity index (χ3n) is 4.20. The molecule has 0 saturated carbocycles. The SMILES string of the molecule is CN(Cc1cnccn1)[C@H]1CN(S(=O)(=O)c2ccccc2)C[C@@H]1O. The lowest BCUT2D eigenvalue weighted by atomic mass is 10.2. The number of sulfonamides is 1. The van der Waals surface area contributed by atoms with Gasteiger partial charge in [-0.3, -0.25) is 14.9 Å². The van der Waals surface area contributed by atoms with Crippen molar-refractivity contribution < 1.29 is 13.5 Å². The molecule has 1 N–H and O–H groups in total. The number of nitrogens with zero attached hydrogens (tertiary/aromatic N) is 4. The fourth-order valence-corrected chi connectivity index (χ4v) is 4.39. The zero-order valence-electron chi connectivity index (χ0n) is 13.4. The van der Waals surface area contributed by atoms with Crippen molar-refractivity contribution in [3.05, 3.63) is 54.6 Å². The average Bonchev–Trinajstić information content (AvgIpc) is 2.99.